The van der Waals surface area contributed by atoms with Gasteiger partial charge in [-0.15, -0.1) is 0 Å². The summed E-state index contributed by atoms with van der Waals surface area (Å²) < 4.78 is 19.5. The first-order valence-electron chi connectivity index (χ1n) is 7.26. The van der Waals surface area contributed by atoms with Gasteiger partial charge in [-0.05, 0) is 73.2 Å². The molecule has 1 amide bonds. The Morgan fingerprint density at radius 2 is 1.74 bits per heavy atom. The number of hydrogen-bond donors (Lipinski definition) is 0. The molecule has 0 radical (unpaired) electrons. The summed E-state index contributed by atoms with van der Waals surface area (Å²) in [4.78, 5) is 14.2. The van der Waals surface area contributed by atoms with E-state index in [2.05, 4.69) is 22.6 Å². The number of benzene rings is 2. The molecule has 0 atom stereocenters. The quantitative estimate of drug-likeness (QED) is 0.617. The molecule has 0 saturated carbocycles. The average Bonchev–Trinajstić information content (AvgIpc) is 2.46. The Kier molecular flexibility index (Phi) is 5.62. The Hall–Kier alpha value is -1.63. The second-order valence-corrected chi connectivity index (χ2v) is 7.31. The van der Waals surface area contributed by atoms with Crippen molar-refractivity contribution in [1.29, 1.82) is 0 Å². The molecule has 0 spiro atoms. The zero-order valence-corrected chi connectivity index (χ0v) is 15.5. The smallest absolute Gasteiger partial charge is 0.415 e. The minimum atomic E-state index is -0.585. The molecule has 23 heavy (non-hydrogen) atoms. The van der Waals surface area contributed by atoms with E-state index in [1.807, 2.05) is 45.0 Å². The van der Waals surface area contributed by atoms with Crippen LogP contribution in [0.15, 0.2) is 48.5 Å². The molecule has 2 aromatic rings. The fourth-order valence-corrected chi connectivity index (χ4v) is 2.69. The highest BCUT2D eigenvalue weighted by Crippen LogP contribution is 2.26. The molecule has 0 N–H and O–H groups in total. The summed E-state index contributed by atoms with van der Waals surface area (Å²) in [7, 11) is 0. The van der Waals surface area contributed by atoms with Crippen molar-refractivity contribution in [3.8, 4) is 0 Å². The topological polar surface area (TPSA) is 29.5 Å². The van der Waals surface area contributed by atoms with Gasteiger partial charge in [-0.25, -0.2) is 9.18 Å². The van der Waals surface area contributed by atoms with Crippen molar-refractivity contribution >= 4 is 34.4 Å². The summed E-state index contributed by atoms with van der Waals surface area (Å²) in [6.45, 7) is 5.81. The standard InChI is InChI=1S/C18H19FINO2/c1-18(2,3)23-17(22)21(16-7-5-4-6-15(16)20)12-13-8-10-14(19)11-9-13/h4-11H,12H2,1-3H3. The highest BCUT2D eigenvalue weighted by Gasteiger charge is 2.24. The highest BCUT2D eigenvalue weighted by atomic mass is 127. The lowest BCUT2D eigenvalue weighted by Gasteiger charge is -2.28. The number of anilines is 1. The normalized spacial score (nSPS) is 11.2. The minimum Gasteiger partial charge on any atom is -0.443 e. The Balaban J connectivity index is 2.33. The second-order valence-electron chi connectivity index (χ2n) is 6.14. The average molecular weight is 427 g/mol. The molecule has 122 valence electrons. The molecule has 0 bridgehead atoms. The summed E-state index contributed by atoms with van der Waals surface area (Å²) in [6, 6.07) is 13.7. The lowest BCUT2D eigenvalue weighted by molar-refractivity contribution is 0.0577. The predicted molar refractivity (Wildman–Crippen MR) is 98.0 cm³/mol. The maximum Gasteiger partial charge on any atom is 0.415 e. The minimum absolute atomic E-state index is 0.299. The molecule has 0 saturated heterocycles. The fraction of sp³-hybridized carbons (Fsp3) is 0.278. The van der Waals surface area contributed by atoms with Crippen LogP contribution in [0.4, 0.5) is 14.9 Å². The van der Waals surface area contributed by atoms with Gasteiger partial charge in [-0.2, -0.15) is 0 Å². The van der Waals surface area contributed by atoms with Gasteiger partial charge in [0.25, 0.3) is 0 Å². The second kappa shape index (κ2) is 7.29. The predicted octanol–water partition coefficient (Wildman–Crippen LogP) is 5.37. The van der Waals surface area contributed by atoms with Gasteiger partial charge in [-0.1, -0.05) is 24.3 Å². The van der Waals surface area contributed by atoms with Crippen LogP contribution < -0.4 is 4.90 Å². The third-order valence-electron chi connectivity index (χ3n) is 3.01. The van der Waals surface area contributed by atoms with Crippen LogP contribution >= 0.6 is 22.6 Å². The van der Waals surface area contributed by atoms with Gasteiger partial charge in [0.2, 0.25) is 0 Å². The molecule has 0 aliphatic heterocycles. The first kappa shape index (κ1) is 17.7. The van der Waals surface area contributed by atoms with Crippen LogP contribution in [0.5, 0.6) is 0 Å². The largest absolute Gasteiger partial charge is 0.443 e. The fourth-order valence-electron chi connectivity index (χ4n) is 2.01. The summed E-state index contributed by atoms with van der Waals surface area (Å²) in [5, 5.41) is 0. The SMILES string of the molecule is CC(C)(C)OC(=O)N(Cc1ccc(F)cc1)c1ccccc1I. The van der Waals surface area contributed by atoms with Crippen molar-refractivity contribution in [2.24, 2.45) is 0 Å². The number of para-hydroxylation sites is 1. The van der Waals surface area contributed by atoms with E-state index in [9.17, 15) is 9.18 Å². The van der Waals surface area contributed by atoms with Crippen LogP contribution in [0.3, 0.4) is 0 Å². The van der Waals surface area contributed by atoms with Crippen LogP contribution in [0.1, 0.15) is 26.3 Å². The van der Waals surface area contributed by atoms with Crippen molar-refractivity contribution in [1.82, 2.24) is 0 Å². The first-order chi connectivity index (χ1) is 10.8. The van der Waals surface area contributed by atoms with Crippen molar-refractivity contribution in [3.63, 3.8) is 0 Å². The molecule has 2 aromatic carbocycles. The van der Waals surface area contributed by atoms with Crippen molar-refractivity contribution < 1.29 is 13.9 Å². The van der Waals surface area contributed by atoms with Crippen LogP contribution in [0, 0.1) is 9.39 Å². The molecule has 0 heterocycles. The Morgan fingerprint density at radius 1 is 1.13 bits per heavy atom. The van der Waals surface area contributed by atoms with Gasteiger partial charge in [0, 0.05) is 3.57 Å². The van der Waals surface area contributed by atoms with E-state index in [4.69, 9.17) is 4.74 Å². The van der Waals surface area contributed by atoms with E-state index in [0.29, 0.717) is 6.54 Å². The van der Waals surface area contributed by atoms with Gasteiger partial charge < -0.3 is 4.74 Å². The summed E-state index contributed by atoms with van der Waals surface area (Å²) in [5.74, 6) is -0.299. The number of amides is 1. The van der Waals surface area contributed by atoms with Gasteiger partial charge in [0.1, 0.15) is 11.4 Å². The monoisotopic (exact) mass is 427 g/mol. The molecule has 5 heteroatoms. The lowest BCUT2D eigenvalue weighted by atomic mass is 10.2. The number of nitrogens with zero attached hydrogens (tertiary/aromatic N) is 1. The first-order valence-corrected chi connectivity index (χ1v) is 8.33. The summed E-state index contributed by atoms with van der Waals surface area (Å²) in [5.41, 5.74) is 1.02. The summed E-state index contributed by atoms with van der Waals surface area (Å²) in [6.07, 6.45) is -0.425. The summed E-state index contributed by atoms with van der Waals surface area (Å²) >= 11 is 2.18. The maximum atomic E-state index is 13.1. The number of rotatable bonds is 3. The molecule has 2 rings (SSSR count). The zero-order valence-electron chi connectivity index (χ0n) is 13.3. The zero-order chi connectivity index (χ0) is 17.0. The molecule has 0 aliphatic rings. The maximum absolute atomic E-state index is 13.1. The van der Waals surface area contributed by atoms with Crippen LogP contribution in [-0.2, 0) is 11.3 Å². The van der Waals surface area contributed by atoms with Crippen molar-refractivity contribution in [2.75, 3.05) is 4.90 Å². The van der Waals surface area contributed by atoms with Gasteiger partial charge in [0.15, 0.2) is 0 Å². The van der Waals surface area contributed by atoms with Gasteiger partial charge >= 0.3 is 6.09 Å². The molecule has 3 nitrogen and oxygen atoms in total. The number of ether oxygens (including phenoxy) is 1. The van der Waals surface area contributed by atoms with E-state index in [0.717, 1.165) is 14.8 Å². The van der Waals surface area contributed by atoms with E-state index < -0.39 is 11.7 Å². The van der Waals surface area contributed by atoms with Crippen molar-refractivity contribution in [2.45, 2.75) is 32.9 Å². The number of hydrogen-bond acceptors (Lipinski definition) is 2. The molecular weight excluding hydrogens is 408 g/mol. The Labute approximate surface area is 149 Å². The molecule has 0 fully saturated rings. The third kappa shape index (κ3) is 5.20. The molecule has 0 aliphatic carbocycles. The third-order valence-corrected chi connectivity index (χ3v) is 3.92. The molecular formula is C18H19FINO2. The van der Waals surface area contributed by atoms with E-state index in [1.54, 1.807) is 17.0 Å². The molecule has 0 unspecified atom stereocenters. The van der Waals surface area contributed by atoms with E-state index in [1.165, 1.54) is 12.1 Å². The van der Waals surface area contributed by atoms with Crippen LogP contribution in [0.25, 0.3) is 0 Å². The van der Waals surface area contributed by atoms with E-state index in [-0.39, 0.29) is 5.82 Å². The highest BCUT2D eigenvalue weighted by molar-refractivity contribution is 14.1. The van der Waals surface area contributed by atoms with E-state index >= 15 is 0 Å². The number of carbonyl (C=O) groups excluding carboxylic acids is 1. The number of halogens is 2. The Morgan fingerprint density at radius 3 is 2.30 bits per heavy atom. The Bertz CT molecular complexity index is 680. The molecule has 0 aromatic heterocycles. The van der Waals surface area contributed by atoms with Crippen molar-refractivity contribution in [3.05, 3.63) is 63.5 Å². The van der Waals surface area contributed by atoms with Crippen LogP contribution in [0.2, 0.25) is 0 Å². The van der Waals surface area contributed by atoms with Gasteiger partial charge in [0.05, 0.1) is 12.2 Å². The van der Waals surface area contributed by atoms with Gasteiger partial charge in [-0.3, -0.25) is 4.90 Å². The lowest BCUT2D eigenvalue weighted by Crippen LogP contribution is -2.36. The van der Waals surface area contributed by atoms with Crippen LogP contribution in [-0.4, -0.2) is 11.7 Å². The number of carbonyl (C=O) groups is 1.